The van der Waals surface area contributed by atoms with Crippen LogP contribution in [0.4, 0.5) is 17.1 Å². The standard InChI is InChI=1S/C60H51N/c1-40-25-31-53-54-32-30-50(39-57(54)60(56(53)33-40,47-17-7-3-8-18-47)48-19-9-4-10-20-48)61(49-28-26-44(27-29-49)59-45-35-41-34-42(37-45)38-46(59)36-41)58-24-14-13-23-55(58)52-22-12-11-21-51(52)43-15-5-2-6-16-43/h2-33,39,41-42,45-46,59H,34-38H2,1H3. The number of benzene rings is 8. The van der Waals surface area contributed by atoms with E-state index in [-0.39, 0.29) is 0 Å². The SMILES string of the molecule is Cc1ccc2c(c1)C(c1ccccc1)(c1ccccc1)c1cc(N(c3ccc(C4C5CC6CC(C5)CC4C6)cc3)c3ccccc3-c3ccccc3-c3ccccc3)ccc1-2. The Balaban J connectivity index is 1.08. The summed E-state index contributed by atoms with van der Waals surface area (Å²) < 4.78 is 0. The Bertz CT molecular complexity index is 2810. The van der Waals surface area contributed by atoms with Crippen molar-refractivity contribution in [2.75, 3.05) is 4.90 Å². The Morgan fingerprint density at radius 1 is 0.410 bits per heavy atom. The molecule has 0 heterocycles. The summed E-state index contributed by atoms with van der Waals surface area (Å²) >= 11 is 0. The van der Waals surface area contributed by atoms with Gasteiger partial charge in [-0.15, -0.1) is 0 Å². The smallest absolute Gasteiger partial charge is 0.0714 e. The third-order valence-electron chi connectivity index (χ3n) is 15.2. The number of nitrogens with zero attached hydrogens (tertiary/aromatic N) is 1. The van der Waals surface area contributed by atoms with Gasteiger partial charge in [0.2, 0.25) is 0 Å². The summed E-state index contributed by atoms with van der Waals surface area (Å²) in [6.07, 6.45) is 7.22. The van der Waals surface area contributed by atoms with Gasteiger partial charge >= 0.3 is 0 Å². The van der Waals surface area contributed by atoms with Gasteiger partial charge in [0.25, 0.3) is 0 Å². The van der Waals surface area contributed by atoms with E-state index in [0.717, 1.165) is 29.4 Å². The predicted octanol–water partition coefficient (Wildman–Crippen LogP) is 15.7. The van der Waals surface area contributed by atoms with Crippen molar-refractivity contribution in [2.24, 2.45) is 23.7 Å². The number of hydrogen-bond acceptors (Lipinski definition) is 1. The molecule has 0 aromatic heterocycles. The molecule has 5 aliphatic rings. The largest absolute Gasteiger partial charge is 0.310 e. The van der Waals surface area contributed by atoms with Crippen LogP contribution in [0.5, 0.6) is 0 Å². The van der Waals surface area contributed by atoms with Crippen LogP contribution in [0, 0.1) is 30.6 Å². The highest BCUT2D eigenvalue weighted by Crippen LogP contribution is 2.61. The number of hydrogen-bond donors (Lipinski definition) is 0. The molecular weight excluding hydrogens is 735 g/mol. The minimum Gasteiger partial charge on any atom is -0.310 e. The fraction of sp³-hybridized carbons (Fsp3) is 0.200. The molecule has 296 valence electrons. The maximum atomic E-state index is 2.55. The highest BCUT2D eigenvalue weighted by Gasteiger charge is 2.49. The van der Waals surface area contributed by atoms with Gasteiger partial charge in [-0.2, -0.15) is 0 Å². The van der Waals surface area contributed by atoms with Crippen LogP contribution < -0.4 is 4.90 Å². The van der Waals surface area contributed by atoms with Crippen molar-refractivity contribution in [1.82, 2.24) is 0 Å². The summed E-state index contributed by atoms with van der Waals surface area (Å²) in [5.74, 6) is 4.33. The van der Waals surface area contributed by atoms with E-state index in [1.54, 1.807) is 5.56 Å². The van der Waals surface area contributed by atoms with E-state index in [0.29, 0.717) is 5.92 Å². The van der Waals surface area contributed by atoms with Gasteiger partial charge < -0.3 is 4.90 Å². The van der Waals surface area contributed by atoms with E-state index in [1.807, 2.05) is 0 Å². The average Bonchev–Trinajstić information content (AvgIpc) is 3.59. The molecule has 4 saturated carbocycles. The topological polar surface area (TPSA) is 3.24 Å². The van der Waals surface area contributed by atoms with Gasteiger partial charge in [0.05, 0.1) is 11.1 Å². The van der Waals surface area contributed by atoms with Gasteiger partial charge in [-0.1, -0.05) is 175 Å². The lowest BCUT2D eigenvalue weighted by Crippen LogP contribution is -2.43. The average molecular weight is 786 g/mol. The molecule has 8 aromatic rings. The molecule has 0 saturated heterocycles. The van der Waals surface area contributed by atoms with Crippen LogP contribution >= 0.6 is 0 Å². The van der Waals surface area contributed by atoms with Crippen LogP contribution in [-0.2, 0) is 5.41 Å². The Hall–Kier alpha value is -6.44. The first-order valence-corrected chi connectivity index (χ1v) is 22.6. The first kappa shape index (κ1) is 36.4. The zero-order valence-corrected chi connectivity index (χ0v) is 34.9. The van der Waals surface area contributed by atoms with Crippen molar-refractivity contribution in [1.29, 1.82) is 0 Å². The van der Waals surface area contributed by atoms with Crippen molar-refractivity contribution in [3.63, 3.8) is 0 Å². The molecule has 8 aromatic carbocycles. The molecule has 0 radical (unpaired) electrons. The lowest BCUT2D eigenvalue weighted by atomic mass is 9.51. The Morgan fingerprint density at radius 3 is 1.56 bits per heavy atom. The molecule has 13 rings (SSSR count). The Labute approximate surface area is 361 Å². The molecule has 61 heavy (non-hydrogen) atoms. The Morgan fingerprint density at radius 2 is 0.918 bits per heavy atom. The van der Waals surface area contributed by atoms with E-state index in [1.165, 1.54) is 105 Å². The minimum atomic E-state index is -0.496. The molecule has 0 unspecified atom stereocenters. The third-order valence-corrected chi connectivity index (χ3v) is 15.2. The van der Waals surface area contributed by atoms with E-state index < -0.39 is 5.41 Å². The van der Waals surface area contributed by atoms with E-state index in [9.17, 15) is 0 Å². The second-order valence-electron chi connectivity index (χ2n) is 18.6. The lowest BCUT2D eigenvalue weighted by molar-refractivity contribution is -0.00277. The van der Waals surface area contributed by atoms with Gasteiger partial charge in [-0.3, -0.25) is 0 Å². The number of para-hydroxylation sites is 1. The Kier molecular flexibility index (Phi) is 8.73. The summed E-state index contributed by atoms with van der Waals surface area (Å²) in [6.45, 7) is 2.23. The van der Waals surface area contributed by atoms with Crippen molar-refractivity contribution >= 4 is 17.1 Å². The zero-order valence-electron chi connectivity index (χ0n) is 34.9. The second kappa shape index (κ2) is 14.6. The molecular formula is C60H51N. The predicted molar refractivity (Wildman–Crippen MR) is 254 cm³/mol. The monoisotopic (exact) mass is 785 g/mol. The molecule has 1 heteroatoms. The molecule has 0 spiro atoms. The highest BCUT2D eigenvalue weighted by molar-refractivity contribution is 5.95. The normalized spacial score (nSPS) is 21.5. The van der Waals surface area contributed by atoms with Crippen LogP contribution in [0.1, 0.15) is 71.4 Å². The van der Waals surface area contributed by atoms with E-state index >= 15 is 0 Å². The third kappa shape index (κ3) is 5.88. The first-order valence-electron chi connectivity index (χ1n) is 22.6. The minimum absolute atomic E-state index is 0.496. The number of rotatable bonds is 8. The fourth-order valence-corrected chi connectivity index (χ4v) is 13.0. The van der Waals surface area contributed by atoms with Crippen molar-refractivity contribution in [3.8, 4) is 33.4 Å². The van der Waals surface area contributed by atoms with Crippen molar-refractivity contribution in [2.45, 2.75) is 50.4 Å². The van der Waals surface area contributed by atoms with E-state index in [2.05, 4.69) is 212 Å². The maximum absolute atomic E-state index is 2.55. The molecule has 0 amide bonds. The molecule has 4 bridgehead atoms. The van der Waals surface area contributed by atoms with Crippen molar-refractivity contribution < 1.29 is 0 Å². The number of aryl methyl sites for hydroxylation is 1. The van der Waals surface area contributed by atoms with Gasteiger partial charge in [0.15, 0.2) is 0 Å². The summed E-state index contributed by atoms with van der Waals surface area (Å²) in [5.41, 5.74) is 18.6. The second-order valence-corrected chi connectivity index (χ2v) is 18.6. The molecule has 1 nitrogen and oxygen atoms in total. The van der Waals surface area contributed by atoms with Crippen LogP contribution in [0.15, 0.2) is 200 Å². The van der Waals surface area contributed by atoms with Gasteiger partial charge in [-0.05, 0) is 155 Å². The van der Waals surface area contributed by atoms with Crippen LogP contribution in [0.3, 0.4) is 0 Å². The van der Waals surface area contributed by atoms with Gasteiger partial charge in [0.1, 0.15) is 0 Å². The van der Waals surface area contributed by atoms with Gasteiger partial charge in [0, 0.05) is 16.9 Å². The lowest BCUT2D eigenvalue weighted by Gasteiger charge is -2.54. The zero-order chi connectivity index (χ0) is 40.5. The summed E-state index contributed by atoms with van der Waals surface area (Å²) in [5, 5.41) is 0. The molecule has 0 N–H and O–H groups in total. The van der Waals surface area contributed by atoms with E-state index in [4.69, 9.17) is 0 Å². The summed E-state index contributed by atoms with van der Waals surface area (Å²) in [6, 6.07) is 75.5. The summed E-state index contributed by atoms with van der Waals surface area (Å²) in [7, 11) is 0. The van der Waals surface area contributed by atoms with Crippen molar-refractivity contribution in [3.05, 3.63) is 234 Å². The maximum Gasteiger partial charge on any atom is 0.0714 e. The molecule has 0 aliphatic heterocycles. The quantitative estimate of drug-likeness (QED) is 0.148. The first-order chi connectivity index (χ1) is 30.1. The van der Waals surface area contributed by atoms with Crippen LogP contribution in [0.2, 0.25) is 0 Å². The molecule has 5 aliphatic carbocycles. The summed E-state index contributed by atoms with van der Waals surface area (Å²) in [4.78, 5) is 2.55. The fourth-order valence-electron chi connectivity index (χ4n) is 13.0. The number of anilines is 3. The van der Waals surface area contributed by atoms with Gasteiger partial charge in [-0.25, -0.2) is 0 Å². The van der Waals surface area contributed by atoms with Crippen LogP contribution in [0.25, 0.3) is 33.4 Å². The highest BCUT2D eigenvalue weighted by atomic mass is 15.1. The molecule has 4 fully saturated rings. The van der Waals surface area contributed by atoms with Crippen LogP contribution in [-0.4, -0.2) is 0 Å². The number of fused-ring (bicyclic) bond motifs is 3. The molecule has 0 atom stereocenters.